The Morgan fingerprint density at radius 3 is 2.52 bits per heavy atom. The van der Waals surface area contributed by atoms with Gasteiger partial charge in [0.15, 0.2) is 0 Å². The molecule has 4 N–H and O–H groups in total. The number of nitro groups is 1. The van der Waals surface area contributed by atoms with Gasteiger partial charge in [0.25, 0.3) is 11.6 Å². The highest BCUT2D eigenvalue weighted by Gasteiger charge is 2.23. The predicted octanol–water partition coefficient (Wildman–Crippen LogP) is 1.52. The third kappa shape index (κ3) is 5.99. The van der Waals surface area contributed by atoms with Gasteiger partial charge in [-0.1, -0.05) is 6.07 Å². The second-order valence-corrected chi connectivity index (χ2v) is 6.12. The maximum Gasteiger partial charge on any atom is 0.270 e. The number of benzene rings is 1. The van der Waals surface area contributed by atoms with Crippen LogP contribution in [-0.4, -0.2) is 34.9 Å². The summed E-state index contributed by atoms with van der Waals surface area (Å²) in [6.07, 6.45) is 3.41. The van der Waals surface area contributed by atoms with E-state index in [2.05, 4.69) is 10.6 Å². The standard InChI is InChI=1S/C16H22N4O4.ClH/c1-10(15(21)19-13-7-5-12(17)6-8-13)18-16(22)11-3-2-4-14(9-11)20(23)24;/h2-4,9-10,12-13H,5-8,17H2,1H3,(H,18,22)(H,19,21);1H. The zero-order chi connectivity index (χ0) is 17.7. The van der Waals surface area contributed by atoms with Gasteiger partial charge in [0.2, 0.25) is 5.91 Å². The number of nitrogens with two attached hydrogens (primary N) is 1. The first kappa shape index (κ1) is 20.9. The van der Waals surface area contributed by atoms with E-state index < -0.39 is 16.9 Å². The second kappa shape index (κ2) is 9.33. The topological polar surface area (TPSA) is 127 Å². The molecule has 1 saturated carbocycles. The summed E-state index contributed by atoms with van der Waals surface area (Å²) >= 11 is 0. The van der Waals surface area contributed by atoms with Crippen molar-refractivity contribution in [1.29, 1.82) is 0 Å². The van der Waals surface area contributed by atoms with Crippen molar-refractivity contribution in [3.05, 3.63) is 39.9 Å². The number of rotatable bonds is 5. The van der Waals surface area contributed by atoms with Crippen LogP contribution in [0, 0.1) is 10.1 Å². The molecule has 0 radical (unpaired) electrons. The molecule has 2 amide bonds. The van der Waals surface area contributed by atoms with Crippen LogP contribution in [-0.2, 0) is 4.79 Å². The number of nitrogens with zero attached hydrogens (tertiary/aromatic N) is 1. The van der Waals surface area contributed by atoms with Crippen LogP contribution in [0.15, 0.2) is 24.3 Å². The van der Waals surface area contributed by atoms with Crippen molar-refractivity contribution in [2.45, 2.75) is 50.7 Å². The number of non-ortho nitro benzene ring substituents is 1. The molecule has 2 rings (SSSR count). The molecular formula is C16H23ClN4O4. The van der Waals surface area contributed by atoms with E-state index in [1.807, 2.05) is 0 Å². The number of halogens is 1. The SMILES string of the molecule is CC(NC(=O)c1cccc([N+](=O)[O-])c1)C(=O)NC1CCC(N)CC1.Cl. The fourth-order valence-corrected chi connectivity index (χ4v) is 2.70. The highest BCUT2D eigenvalue weighted by atomic mass is 35.5. The summed E-state index contributed by atoms with van der Waals surface area (Å²) in [5, 5.41) is 16.2. The molecule has 1 aliphatic carbocycles. The smallest absolute Gasteiger partial charge is 0.270 e. The summed E-state index contributed by atoms with van der Waals surface area (Å²) < 4.78 is 0. The average molecular weight is 371 g/mol. The Morgan fingerprint density at radius 1 is 1.28 bits per heavy atom. The number of hydrogen-bond acceptors (Lipinski definition) is 5. The number of carbonyl (C=O) groups excluding carboxylic acids is 2. The van der Waals surface area contributed by atoms with E-state index in [0.717, 1.165) is 25.7 Å². The van der Waals surface area contributed by atoms with Crippen LogP contribution in [0.3, 0.4) is 0 Å². The molecule has 138 valence electrons. The highest BCUT2D eigenvalue weighted by molar-refractivity contribution is 5.97. The van der Waals surface area contributed by atoms with Crippen molar-refractivity contribution in [1.82, 2.24) is 10.6 Å². The fourth-order valence-electron chi connectivity index (χ4n) is 2.70. The van der Waals surface area contributed by atoms with E-state index in [-0.39, 0.29) is 41.6 Å². The first-order valence-corrected chi connectivity index (χ1v) is 7.98. The summed E-state index contributed by atoms with van der Waals surface area (Å²) in [4.78, 5) is 34.5. The number of amides is 2. The summed E-state index contributed by atoms with van der Waals surface area (Å²) in [6, 6.07) is 4.94. The van der Waals surface area contributed by atoms with Gasteiger partial charge in [0.05, 0.1) is 4.92 Å². The summed E-state index contributed by atoms with van der Waals surface area (Å²) in [7, 11) is 0. The molecule has 8 nitrogen and oxygen atoms in total. The van der Waals surface area contributed by atoms with Gasteiger partial charge >= 0.3 is 0 Å². The Balaban J connectivity index is 0.00000312. The van der Waals surface area contributed by atoms with Gasteiger partial charge in [-0.25, -0.2) is 0 Å². The minimum absolute atomic E-state index is 0. The van der Waals surface area contributed by atoms with Crippen molar-refractivity contribution >= 4 is 29.9 Å². The van der Waals surface area contributed by atoms with Crippen LogP contribution < -0.4 is 16.4 Å². The average Bonchev–Trinajstić information content (AvgIpc) is 2.56. The minimum atomic E-state index is -0.729. The van der Waals surface area contributed by atoms with Gasteiger partial charge in [-0.3, -0.25) is 19.7 Å². The zero-order valence-electron chi connectivity index (χ0n) is 13.9. The second-order valence-electron chi connectivity index (χ2n) is 6.12. The Kier molecular flexibility index (Phi) is 7.79. The molecule has 1 atom stereocenters. The van der Waals surface area contributed by atoms with Crippen molar-refractivity contribution in [2.75, 3.05) is 0 Å². The predicted molar refractivity (Wildman–Crippen MR) is 95.6 cm³/mol. The molecule has 9 heteroatoms. The molecule has 1 unspecified atom stereocenters. The van der Waals surface area contributed by atoms with Gasteiger partial charge in [0, 0.05) is 29.8 Å². The van der Waals surface area contributed by atoms with Crippen LogP contribution >= 0.6 is 12.4 Å². The van der Waals surface area contributed by atoms with E-state index >= 15 is 0 Å². The fraction of sp³-hybridized carbons (Fsp3) is 0.500. The summed E-state index contributed by atoms with van der Waals surface area (Å²) in [5.74, 6) is -0.790. The maximum atomic E-state index is 12.2. The first-order valence-electron chi connectivity index (χ1n) is 7.98. The lowest BCUT2D eigenvalue weighted by molar-refractivity contribution is -0.384. The van der Waals surface area contributed by atoms with Crippen molar-refractivity contribution in [2.24, 2.45) is 5.73 Å². The molecule has 1 aromatic rings. The minimum Gasteiger partial charge on any atom is -0.352 e. The molecule has 1 aliphatic rings. The molecule has 0 aliphatic heterocycles. The van der Waals surface area contributed by atoms with E-state index in [1.54, 1.807) is 6.92 Å². The Hall–Kier alpha value is -2.19. The molecule has 1 fully saturated rings. The third-order valence-electron chi connectivity index (χ3n) is 4.18. The van der Waals surface area contributed by atoms with Crippen LogP contribution in [0.2, 0.25) is 0 Å². The first-order chi connectivity index (χ1) is 11.4. The number of nitrogens with one attached hydrogen (secondary N) is 2. The van der Waals surface area contributed by atoms with Crippen LogP contribution in [0.25, 0.3) is 0 Å². The Labute approximate surface area is 152 Å². The number of nitro benzene ring substituents is 1. The quantitative estimate of drug-likeness (QED) is 0.534. The highest BCUT2D eigenvalue weighted by Crippen LogP contribution is 2.17. The van der Waals surface area contributed by atoms with Gasteiger partial charge in [-0.2, -0.15) is 0 Å². The molecule has 0 aromatic heterocycles. The molecule has 0 spiro atoms. The van der Waals surface area contributed by atoms with Gasteiger partial charge in [0.1, 0.15) is 6.04 Å². The number of carbonyl (C=O) groups is 2. The lowest BCUT2D eigenvalue weighted by atomic mass is 9.91. The molecule has 25 heavy (non-hydrogen) atoms. The largest absolute Gasteiger partial charge is 0.352 e. The van der Waals surface area contributed by atoms with Gasteiger partial charge in [-0.05, 0) is 38.7 Å². The van der Waals surface area contributed by atoms with E-state index in [9.17, 15) is 19.7 Å². The van der Waals surface area contributed by atoms with Crippen molar-refractivity contribution in [3.63, 3.8) is 0 Å². The molecule has 0 saturated heterocycles. The third-order valence-corrected chi connectivity index (χ3v) is 4.18. The number of hydrogen-bond donors (Lipinski definition) is 3. The van der Waals surface area contributed by atoms with Crippen LogP contribution in [0.4, 0.5) is 5.69 Å². The van der Waals surface area contributed by atoms with Crippen molar-refractivity contribution < 1.29 is 14.5 Å². The van der Waals surface area contributed by atoms with Crippen molar-refractivity contribution in [3.8, 4) is 0 Å². The van der Waals surface area contributed by atoms with Crippen LogP contribution in [0.5, 0.6) is 0 Å². The summed E-state index contributed by atoms with van der Waals surface area (Å²) in [6.45, 7) is 1.58. The van der Waals surface area contributed by atoms with E-state index in [4.69, 9.17) is 5.73 Å². The summed E-state index contributed by atoms with van der Waals surface area (Å²) in [5.41, 5.74) is 5.81. The lowest BCUT2D eigenvalue weighted by Gasteiger charge is -2.28. The molecule has 0 bridgehead atoms. The maximum absolute atomic E-state index is 12.2. The van der Waals surface area contributed by atoms with E-state index in [0.29, 0.717) is 0 Å². The zero-order valence-corrected chi connectivity index (χ0v) is 14.8. The van der Waals surface area contributed by atoms with Gasteiger partial charge in [-0.15, -0.1) is 12.4 Å². The molecular weight excluding hydrogens is 348 g/mol. The van der Waals surface area contributed by atoms with E-state index in [1.165, 1.54) is 24.3 Å². The Morgan fingerprint density at radius 2 is 1.92 bits per heavy atom. The van der Waals surface area contributed by atoms with Gasteiger partial charge < -0.3 is 16.4 Å². The lowest BCUT2D eigenvalue weighted by Crippen LogP contribution is -2.49. The molecule has 0 heterocycles. The Bertz CT molecular complexity index is 632. The van der Waals surface area contributed by atoms with Crippen LogP contribution in [0.1, 0.15) is 43.0 Å². The normalized spacial score (nSPS) is 20.7. The molecule has 1 aromatic carbocycles. The monoisotopic (exact) mass is 370 g/mol.